The molecule has 3 rings (SSSR count). The summed E-state index contributed by atoms with van der Waals surface area (Å²) in [7, 11) is 0. The number of nitrogens with one attached hydrogen (secondary N) is 1. The maximum Gasteiger partial charge on any atom is 0.178 e. The van der Waals surface area contributed by atoms with E-state index in [4.69, 9.17) is 12.2 Å². The number of rotatable bonds is 4. The quantitative estimate of drug-likeness (QED) is 0.780. The van der Waals surface area contributed by atoms with Crippen LogP contribution < -0.4 is 0 Å². The standard InChI is InChI=1S/C16H22N2S/c1-12-8-9-14-15(11-12)18(16(19)17-14)10-4-7-13-5-2-3-6-13/h8-9,11,13H,2-7,10H2,1H3,(H,17,19). The second-order valence-corrected chi connectivity index (χ2v) is 6.28. The van der Waals surface area contributed by atoms with Crippen LogP contribution in [0, 0.1) is 17.6 Å². The number of aryl methyl sites for hydroxylation is 2. The second kappa shape index (κ2) is 5.49. The van der Waals surface area contributed by atoms with Crippen molar-refractivity contribution in [2.75, 3.05) is 0 Å². The smallest absolute Gasteiger partial charge is 0.178 e. The zero-order chi connectivity index (χ0) is 13.2. The first-order valence-electron chi connectivity index (χ1n) is 7.43. The van der Waals surface area contributed by atoms with Crippen LogP contribution in [-0.2, 0) is 6.54 Å². The Balaban J connectivity index is 1.74. The van der Waals surface area contributed by atoms with Crippen molar-refractivity contribution in [3.63, 3.8) is 0 Å². The van der Waals surface area contributed by atoms with Crippen molar-refractivity contribution in [1.82, 2.24) is 9.55 Å². The van der Waals surface area contributed by atoms with E-state index in [1.807, 2.05) is 0 Å². The second-order valence-electron chi connectivity index (χ2n) is 5.90. The van der Waals surface area contributed by atoms with Crippen LogP contribution in [0.2, 0.25) is 0 Å². The van der Waals surface area contributed by atoms with Crippen molar-refractivity contribution in [1.29, 1.82) is 0 Å². The van der Waals surface area contributed by atoms with Gasteiger partial charge in [0.05, 0.1) is 11.0 Å². The molecule has 2 aromatic rings. The summed E-state index contributed by atoms with van der Waals surface area (Å²) < 4.78 is 3.14. The van der Waals surface area contributed by atoms with E-state index in [2.05, 4.69) is 34.7 Å². The van der Waals surface area contributed by atoms with Crippen LogP contribution in [0.1, 0.15) is 44.1 Å². The molecule has 1 aliphatic rings. The molecule has 1 N–H and O–H groups in total. The Hall–Kier alpha value is -1.09. The predicted octanol–water partition coefficient (Wildman–Crippen LogP) is 4.98. The van der Waals surface area contributed by atoms with Crippen molar-refractivity contribution in [3.05, 3.63) is 28.5 Å². The molecule has 1 saturated carbocycles. The monoisotopic (exact) mass is 274 g/mol. The van der Waals surface area contributed by atoms with E-state index in [9.17, 15) is 0 Å². The lowest BCUT2D eigenvalue weighted by atomic mass is 10.0. The van der Waals surface area contributed by atoms with E-state index in [0.717, 1.165) is 22.8 Å². The van der Waals surface area contributed by atoms with Crippen molar-refractivity contribution in [2.45, 2.75) is 52.0 Å². The summed E-state index contributed by atoms with van der Waals surface area (Å²) in [6.07, 6.45) is 8.38. The molecule has 19 heavy (non-hydrogen) atoms. The molecular weight excluding hydrogens is 252 g/mol. The molecule has 0 aliphatic heterocycles. The average Bonchev–Trinajstić information content (AvgIpc) is 2.99. The molecule has 0 spiro atoms. The van der Waals surface area contributed by atoms with E-state index in [1.54, 1.807) is 0 Å². The first-order valence-corrected chi connectivity index (χ1v) is 7.84. The van der Waals surface area contributed by atoms with Gasteiger partial charge < -0.3 is 9.55 Å². The highest BCUT2D eigenvalue weighted by Gasteiger charge is 2.14. The fourth-order valence-corrected chi connectivity index (χ4v) is 3.62. The van der Waals surface area contributed by atoms with Gasteiger partial charge in [0.15, 0.2) is 4.77 Å². The highest BCUT2D eigenvalue weighted by Crippen LogP contribution is 2.29. The van der Waals surface area contributed by atoms with Gasteiger partial charge in [-0.15, -0.1) is 0 Å². The van der Waals surface area contributed by atoms with Crippen molar-refractivity contribution < 1.29 is 0 Å². The molecule has 3 heteroatoms. The zero-order valence-corrected chi connectivity index (χ0v) is 12.4. The number of H-pyrrole nitrogens is 1. The van der Waals surface area contributed by atoms with Crippen molar-refractivity contribution >= 4 is 23.3 Å². The van der Waals surface area contributed by atoms with Gasteiger partial charge in [-0.05, 0) is 55.6 Å². The van der Waals surface area contributed by atoms with Crippen LogP contribution >= 0.6 is 12.2 Å². The molecule has 1 heterocycles. The van der Waals surface area contributed by atoms with Gasteiger partial charge in [-0.1, -0.05) is 31.7 Å². The molecule has 1 aromatic carbocycles. The van der Waals surface area contributed by atoms with Crippen LogP contribution in [0.15, 0.2) is 18.2 Å². The van der Waals surface area contributed by atoms with Crippen LogP contribution in [0.4, 0.5) is 0 Å². The van der Waals surface area contributed by atoms with E-state index in [0.29, 0.717) is 0 Å². The first kappa shape index (κ1) is 12.9. The molecule has 1 aliphatic carbocycles. The lowest BCUT2D eigenvalue weighted by molar-refractivity contribution is 0.460. The molecule has 0 amide bonds. The number of hydrogen-bond donors (Lipinski definition) is 1. The molecule has 0 bridgehead atoms. The fraction of sp³-hybridized carbons (Fsp3) is 0.562. The molecule has 0 unspecified atom stereocenters. The molecule has 2 nitrogen and oxygen atoms in total. The Labute approximate surface area is 119 Å². The summed E-state index contributed by atoms with van der Waals surface area (Å²) in [6.45, 7) is 3.19. The third-order valence-electron chi connectivity index (χ3n) is 4.40. The van der Waals surface area contributed by atoms with Gasteiger partial charge >= 0.3 is 0 Å². The van der Waals surface area contributed by atoms with Gasteiger partial charge in [0.2, 0.25) is 0 Å². The van der Waals surface area contributed by atoms with Gasteiger partial charge in [-0.25, -0.2) is 0 Å². The number of fused-ring (bicyclic) bond motifs is 1. The van der Waals surface area contributed by atoms with E-state index in [-0.39, 0.29) is 0 Å². The Morgan fingerprint density at radius 2 is 2.11 bits per heavy atom. The molecule has 0 atom stereocenters. The topological polar surface area (TPSA) is 20.7 Å². The zero-order valence-electron chi connectivity index (χ0n) is 11.6. The molecule has 1 fully saturated rings. The fourth-order valence-electron chi connectivity index (χ4n) is 3.32. The van der Waals surface area contributed by atoms with E-state index < -0.39 is 0 Å². The number of imidazole rings is 1. The molecule has 102 valence electrons. The number of nitrogens with zero attached hydrogens (tertiary/aromatic N) is 1. The summed E-state index contributed by atoms with van der Waals surface area (Å²) >= 11 is 5.45. The Morgan fingerprint density at radius 1 is 1.32 bits per heavy atom. The Bertz CT molecular complexity index is 617. The highest BCUT2D eigenvalue weighted by atomic mass is 32.1. The number of aromatic nitrogens is 2. The van der Waals surface area contributed by atoms with Crippen LogP contribution in [0.5, 0.6) is 0 Å². The number of hydrogen-bond acceptors (Lipinski definition) is 1. The van der Waals surface area contributed by atoms with E-state index in [1.165, 1.54) is 49.6 Å². The SMILES string of the molecule is Cc1ccc2[nH]c(=S)n(CCCC3CCCC3)c2c1. The highest BCUT2D eigenvalue weighted by molar-refractivity contribution is 7.71. The van der Waals surface area contributed by atoms with Gasteiger partial charge in [0, 0.05) is 6.54 Å². The van der Waals surface area contributed by atoms with Gasteiger partial charge in [0.25, 0.3) is 0 Å². The number of benzene rings is 1. The average molecular weight is 274 g/mol. The predicted molar refractivity (Wildman–Crippen MR) is 83.1 cm³/mol. The molecular formula is C16H22N2S. The lowest BCUT2D eigenvalue weighted by Gasteiger charge is -2.09. The van der Waals surface area contributed by atoms with E-state index >= 15 is 0 Å². The Morgan fingerprint density at radius 3 is 2.89 bits per heavy atom. The molecule has 1 aromatic heterocycles. The normalized spacial score (nSPS) is 16.5. The minimum atomic E-state index is 0.868. The first-order chi connectivity index (χ1) is 9.24. The summed E-state index contributed by atoms with van der Waals surface area (Å²) in [5, 5.41) is 0. The third kappa shape index (κ3) is 2.76. The van der Waals surface area contributed by atoms with Gasteiger partial charge in [-0.2, -0.15) is 0 Å². The molecule has 0 saturated heterocycles. The van der Waals surface area contributed by atoms with Crippen LogP contribution in [0.25, 0.3) is 11.0 Å². The maximum atomic E-state index is 5.45. The summed E-state index contributed by atoms with van der Waals surface area (Å²) in [5.74, 6) is 0.973. The Kier molecular flexibility index (Phi) is 3.74. The van der Waals surface area contributed by atoms with Crippen molar-refractivity contribution in [2.24, 2.45) is 5.92 Å². The largest absolute Gasteiger partial charge is 0.331 e. The molecule has 0 radical (unpaired) electrons. The number of aromatic amines is 1. The van der Waals surface area contributed by atoms with Crippen LogP contribution in [-0.4, -0.2) is 9.55 Å². The van der Waals surface area contributed by atoms with Gasteiger partial charge in [0.1, 0.15) is 0 Å². The lowest BCUT2D eigenvalue weighted by Crippen LogP contribution is -2.01. The summed E-state index contributed by atoms with van der Waals surface area (Å²) in [6, 6.07) is 6.50. The minimum absolute atomic E-state index is 0.868. The van der Waals surface area contributed by atoms with Crippen LogP contribution in [0.3, 0.4) is 0 Å². The van der Waals surface area contributed by atoms with Gasteiger partial charge in [-0.3, -0.25) is 0 Å². The summed E-state index contributed by atoms with van der Waals surface area (Å²) in [5.41, 5.74) is 3.72. The van der Waals surface area contributed by atoms with Crippen molar-refractivity contribution in [3.8, 4) is 0 Å². The third-order valence-corrected chi connectivity index (χ3v) is 4.72. The minimum Gasteiger partial charge on any atom is -0.331 e. The summed E-state index contributed by atoms with van der Waals surface area (Å²) in [4.78, 5) is 3.31. The maximum absolute atomic E-state index is 5.45.